The van der Waals surface area contributed by atoms with E-state index in [-0.39, 0.29) is 12.1 Å². The SMILES string of the molecule is CN1c2ccccc2C(=O)N2Cc3c(nc4ccccc4c3N3CCOCC3)C21. The number of aromatic nitrogens is 1. The number of anilines is 2. The summed E-state index contributed by atoms with van der Waals surface area (Å²) < 4.78 is 5.59. The monoisotopic (exact) mass is 386 g/mol. The molecular formula is C23H22N4O2. The Labute approximate surface area is 169 Å². The van der Waals surface area contributed by atoms with E-state index in [4.69, 9.17) is 9.72 Å². The lowest BCUT2D eigenvalue weighted by molar-refractivity contribution is 0.0669. The van der Waals surface area contributed by atoms with Crippen molar-refractivity contribution in [2.75, 3.05) is 43.2 Å². The predicted molar refractivity (Wildman–Crippen MR) is 112 cm³/mol. The number of carbonyl (C=O) groups is 1. The fraction of sp³-hybridized carbons (Fsp3) is 0.304. The maximum absolute atomic E-state index is 13.3. The lowest BCUT2D eigenvalue weighted by Gasteiger charge is -2.39. The molecule has 3 aromatic rings. The van der Waals surface area contributed by atoms with Gasteiger partial charge in [0.25, 0.3) is 5.91 Å². The minimum Gasteiger partial charge on any atom is -0.378 e. The zero-order chi connectivity index (χ0) is 19.5. The molecule has 0 bridgehead atoms. The lowest BCUT2D eigenvalue weighted by Crippen LogP contribution is -2.44. The standard InChI is InChI=1S/C23H22N4O2/c1-25-19-9-5-3-7-16(19)23(28)27-14-17-20(22(25)27)24-18-8-4-2-6-15(18)21(17)26-10-12-29-13-11-26/h2-9,22H,10-14H2,1H3. The summed E-state index contributed by atoms with van der Waals surface area (Å²) in [6.45, 7) is 3.75. The van der Waals surface area contributed by atoms with Gasteiger partial charge in [0.2, 0.25) is 0 Å². The van der Waals surface area contributed by atoms with Crippen molar-refractivity contribution in [3.8, 4) is 0 Å². The number of carbonyl (C=O) groups excluding carboxylic acids is 1. The molecule has 6 rings (SSSR count). The van der Waals surface area contributed by atoms with Crippen molar-refractivity contribution in [2.45, 2.75) is 12.7 Å². The quantitative estimate of drug-likeness (QED) is 0.643. The smallest absolute Gasteiger partial charge is 0.258 e. The number of pyridine rings is 1. The van der Waals surface area contributed by atoms with Crippen LogP contribution in [0.2, 0.25) is 0 Å². The summed E-state index contributed by atoms with van der Waals surface area (Å²) in [5.41, 5.74) is 6.09. The first kappa shape index (κ1) is 16.8. The van der Waals surface area contributed by atoms with Gasteiger partial charge in [-0.2, -0.15) is 0 Å². The number of hydrogen-bond donors (Lipinski definition) is 0. The molecule has 2 aromatic carbocycles. The van der Waals surface area contributed by atoms with Crippen LogP contribution >= 0.6 is 0 Å². The molecule has 146 valence electrons. The van der Waals surface area contributed by atoms with Crippen molar-refractivity contribution >= 4 is 28.2 Å². The van der Waals surface area contributed by atoms with Gasteiger partial charge in [-0.3, -0.25) is 4.79 Å². The van der Waals surface area contributed by atoms with Crippen LogP contribution in [0.1, 0.15) is 27.8 Å². The largest absolute Gasteiger partial charge is 0.378 e. The summed E-state index contributed by atoms with van der Waals surface area (Å²) in [4.78, 5) is 24.9. The van der Waals surface area contributed by atoms with Crippen LogP contribution in [0.3, 0.4) is 0 Å². The van der Waals surface area contributed by atoms with Crippen molar-refractivity contribution in [2.24, 2.45) is 0 Å². The number of benzene rings is 2. The van der Waals surface area contributed by atoms with Crippen LogP contribution < -0.4 is 9.80 Å². The third kappa shape index (κ3) is 2.32. The number of nitrogens with zero attached hydrogens (tertiary/aromatic N) is 4. The molecule has 1 atom stereocenters. The lowest BCUT2D eigenvalue weighted by atomic mass is 10.0. The number of para-hydroxylation sites is 2. The van der Waals surface area contributed by atoms with Gasteiger partial charge in [-0.05, 0) is 18.2 Å². The summed E-state index contributed by atoms with van der Waals surface area (Å²) in [6.07, 6.45) is -0.170. The molecule has 6 heteroatoms. The summed E-state index contributed by atoms with van der Waals surface area (Å²) >= 11 is 0. The van der Waals surface area contributed by atoms with Crippen LogP contribution in [0.4, 0.5) is 11.4 Å². The van der Waals surface area contributed by atoms with Gasteiger partial charge in [0.05, 0.1) is 47.9 Å². The number of hydrogen-bond acceptors (Lipinski definition) is 5. The first-order valence-electron chi connectivity index (χ1n) is 10.1. The molecule has 0 saturated carbocycles. The van der Waals surface area contributed by atoms with E-state index in [0.29, 0.717) is 6.54 Å². The van der Waals surface area contributed by atoms with E-state index < -0.39 is 0 Å². The van der Waals surface area contributed by atoms with Crippen molar-refractivity contribution < 1.29 is 9.53 Å². The van der Waals surface area contributed by atoms with Gasteiger partial charge in [0.1, 0.15) is 6.17 Å². The van der Waals surface area contributed by atoms with Crippen LogP contribution in [0.5, 0.6) is 0 Å². The molecule has 0 radical (unpaired) electrons. The van der Waals surface area contributed by atoms with Crippen LogP contribution in [0.15, 0.2) is 48.5 Å². The molecular weight excluding hydrogens is 364 g/mol. The van der Waals surface area contributed by atoms with E-state index >= 15 is 0 Å². The van der Waals surface area contributed by atoms with Gasteiger partial charge >= 0.3 is 0 Å². The normalized spacial score (nSPS) is 20.7. The average Bonchev–Trinajstić information content (AvgIpc) is 3.16. The van der Waals surface area contributed by atoms with Gasteiger partial charge in [0.15, 0.2) is 0 Å². The van der Waals surface area contributed by atoms with Crippen molar-refractivity contribution in [3.05, 3.63) is 65.4 Å². The van der Waals surface area contributed by atoms with E-state index in [1.807, 2.05) is 35.2 Å². The number of fused-ring (bicyclic) bond motifs is 5. The van der Waals surface area contributed by atoms with E-state index in [9.17, 15) is 4.79 Å². The highest BCUT2D eigenvalue weighted by Gasteiger charge is 2.44. The molecule has 1 saturated heterocycles. The average molecular weight is 386 g/mol. The predicted octanol–water partition coefficient (Wildman–Crippen LogP) is 3.18. The molecule has 0 aliphatic carbocycles. The Bertz CT molecular complexity index is 1140. The van der Waals surface area contributed by atoms with E-state index in [2.05, 4.69) is 35.0 Å². The molecule has 1 aromatic heterocycles. The maximum Gasteiger partial charge on any atom is 0.258 e. The first-order valence-corrected chi connectivity index (χ1v) is 10.1. The summed E-state index contributed by atoms with van der Waals surface area (Å²) in [7, 11) is 2.06. The Morgan fingerprint density at radius 3 is 2.66 bits per heavy atom. The number of ether oxygens (including phenoxy) is 1. The van der Waals surface area contributed by atoms with Crippen LogP contribution in [-0.4, -0.2) is 49.1 Å². The Kier molecular flexibility index (Phi) is 3.59. The Balaban J connectivity index is 1.58. The van der Waals surface area contributed by atoms with Crippen LogP contribution in [0, 0.1) is 0 Å². The molecule has 1 fully saturated rings. The molecule has 4 heterocycles. The van der Waals surface area contributed by atoms with E-state index in [1.165, 1.54) is 11.3 Å². The van der Waals surface area contributed by atoms with Gasteiger partial charge in [0, 0.05) is 31.1 Å². The second kappa shape index (κ2) is 6.19. The molecule has 1 amide bonds. The summed E-state index contributed by atoms with van der Waals surface area (Å²) in [5.74, 6) is 0.0821. The first-order chi connectivity index (χ1) is 14.2. The van der Waals surface area contributed by atoms with E-state index in [0.717, 1.165) is 54.2 Å². The second-order valence-electron chi connectivity index (χ2n) is 7.88. The number of rotatable bonds is 1. The van der Waals surface area contributed by atoms with Crippen molar-refractivity contribution in [1.29, 1.82) is 0 Å². The Morgan fingerprint density at radius 1 is 1.03 bits per heavy atom. The molecule has 1 unspecified atom stereocenters. The zero-order valence-corrected chi connectivity index (χ0v) is 16.3. The van der Waals surface area contributed by atoms with Gasteiger partial charge in [-0.25, -0.2) is 4.98 Å². The van der Waals surface area contributed by atoms with Crippen molar-refractivity contribution in [1.82, 2.24) is 9.88 Å². The van der Waals surface area contributed by atoms with Crippen LogP contribution in [0.25, 0.3) is 10.9 Å². The fourth-order valence-corrected chi connectivity index (χ4v) is 5.00. The molecule has 3 aliphatic heterocycles. The highest BCUT2D eigenvalue weighted by atomic mass is 16.5. The van der Waals surface area contributed by atoms with Crippen LogP contribution in [-0.2, 0) is 11.3 Å². The highest BCUT2D eigenvalue weighted by molar-refractivity contribution is 6.03. The molecule has 29 heavy (non-hydrogen) atoms. The molecule has 0 N–H and O–H groups in total. The highest BCUT2D eigenvalue weighted by Crippen LogP contribution is 2.47. The Hall–Kier alpha value is -3.12. The van der Waals surface area contributed by atoms with Crippen molar-refractivity contribution in [3.63, 3.8) is 0 Å². The molecule has 3 aliphatic rings. The number of amides is 1. The number of morpholine rings is 1. The van der Waals surface area contributed by atoms with E-state index in [1.54, 1.807) is 0 Å². The third-order valence-electron chi connectivity index (χ3n) is 6.33. The second-order valence-corrected chi connectivity index (χ2v) is 7.88. The molecule has 6 nitrogen and oxygen atoms in total. The van der Waals surface area contributed by atoms with Gasteiger partial charge < -0.3 is 19.4 Å². The fourth-order valence-electron chi connectivity index (χ4n) is 5.00. The minimum atomic E-state index is -0.170. The zero-order valence-electron chi connectivity index (χ0n) is 16.3. The molecule has 0 spiro atoms. The maximum atomic E-state index is 13.3. The third-order valence-corrected chi connectivity index (χ3v) is 6.33. The van der Waals surface area contributed by atoms with Gasteiger partial charge in [-0.1, -0.05) is 30.3 Å². The summed E-state index contributed by atoms with van der Waals surface area (Å²) in [5, 5.41) is 1.15. The summed E-state index contributed by atoms with van der Waals surface area (Å²) in [6, 6.07) is 16.2. The van der Waals surface area contributed by atoms with Gasteiger partial charge in [-0.15, -0.1) is 0 Å². The minimum absolute atomic E-state index is 0.0821. The Morgan fingerprint density at radius 2 is 1.79 bits per heavy atom. The topological polar surface area (TPSA) is 48.9 Å².